The first kappa shape index (κ1) is 17.1. The van der Waals surface area contributed by atoms with Crippen LogP contribution in [0.5, 0.6) is 0 Å². The van der Waals surface area contributed by atoms with Crippen LogP contribution in [0.2, 0.25) is 10.0 Å². The van der Waals surface area contributed by atoms with Crippen molar-refractivity contribution in [1.29, 1.82) is 0 Å². The molecule has 0 radical (unpaired) electrons. The number of anilines is 1. The average Bonchev–Trinajstić information content (AvgIpc) is 2.45. The van der Waals surface area contributed by atoms with Gasteiger partial charge in [0.05, 0.1) is 0 Å². The number of hydrogen-bond donors (Lipinski definition) is 1. The molecule has 1 heterocycles. The lowest BCUT2D eigenvalue weighted by Gasteiger charge is -2.10. The predicted octanol–water partition coefficient (Wildman–Crippen LogP) is 3.84. The van der Waals surface area contributed by atoms with Crippen LogP contribution >= 0.6 is 23.2 Å². The molecule has 22 heavy (non-hydrogen) atoms. The van der Waals surface area contributed by atoms with E-state index in [2.05, 4.69) is 10.3 Å². The Morgan fingerprint density at radius 2 is 2.00 bits per heavy atom. The molecule has 1 aromatic carbocycles. The van der Waals surface area contributed by atoms with Crippen molar-refractivity contribution in [3.63, 3.8) is 0 Å². The molecule has 0 amide bonds. The molecule has 0 aliphatic heterocycles. The van der Waals surface area contributed by atoms with Gasteiger partial charge in [0, 0.05) is 29.0 Å². The molecule has 0 fully saturated rings. The molecule has 4 nitrogen and oxygen atoms in total. The van der Waals surface area contributed by atoms with E-state index in [0.29, 0.717) is 22.4 Å². The highest BCUT2D eigenvalue weighted by atomic mass is 35.5. The van der Waals surface area contributed by atoms with Crippen molar-refractivity contribution in [3.8, 4) is 0 Å². The lowest BCUT2D eigenvalue weighted by atomic mass is 10.1. The van der Waals surface area contributed by atoms with E-state index in [4.69, 9.17) is 23.2 Å². The molecule has 0 aliphatic carbocycles. The SMILES string of the molecule is CS(=O)(=O)c1cccnc1NCCCc1ccc(Cl)cc1Cl. The Morgan fingerprint density at radius 1 is 1.23 bits per heavy atom. The highest BCUT2D eigenvalue weighted by Crippen LogP contribution is 2.22. The number of benzene rings is 1. The number of rotatable bonds is 6. The number of hydrogen-bond acceptors (Lipinski definition) is 4. The van der Waals surface area contributed by atoms with Crippen LogP contribution in [0, 0.1) is 0 Å². The highest BCUT2D eigenvalue weighted by Gasteiger charge is 2.13. The van der Waals surface area contributed by atoms with Gasteiger partial charge < -0.3 is 5.32 Å². The fraction of sp³-hybridized carbons (Fsp3) is 0.267. The van der Waals surface area contributed by atoms with Crippen LogP contribution in [0.25, 0.3) is 0 Å². The van der Waals surface area contributed by atoms with Crippen molar-refractivity contribution in [1.82, 2.24) is 4.98 Å². The topological polar surface area (TPSA) is 59.1 Å². The van der Waals surface area contributed by atoms with Gasteiger partial charge in [-0.05, 0) is 42.7 Å². The van der Waals surface area contributed by atoms with Gasteiger partial charge in [-0.1, -0.05) is 29.3 Å². The maximum Gasteiger partial charge on any atom is 0.179 e. The standard InChI is InChI=1S/C15H16Cl2N2O2S/c1-22(20,21)14-5-3-9-19-15(14)18-8-2-4-11-6-7-12(16)10-13(11)17/h3,5-7,9-10H,2,4,8H2,1H3,(H,18,19). The predicted molar refractivity (Wildman–Crippen MR) is 90.6 cm³/mol. The molecule has 0 unspecified atom stereocenters. The lowest BCUT2D eigenvalue weighted by molar-refractivity contribution is 0.601. The highest BCUT2D eigenvalue weighted by molar-refractivity contribution is 7.90. The Balaban J connectivity index is 1.95. The number of aromatic nitrogens is 1. The quantitative estimate of drug-likeness (QED) is 0.797. The van der Waals surface area contributed by atoms with Crippen molar-refractivity contribution in [2.45, 2.75) is 17.7 Å². The third kappa shape index (κ3) is 4.60. The zero-order valence-corrected chi connectivity index (χ0v) is 14.3. The van der Waals surface area contributed by atoms with Crippen molar-refractivity contribution >= 4 is 38.9 Å². The molecule has 1 N–H and O–H groups in total. The molecule has 0 saturated heterocycles. The van der Waals surface area contributed by atoms with Gasteiger partial charge in [0.25, 0.3) is 0 Å². The van der Waals surface area contributed by atoms with Crippen LogP contribution in [-0.2, 0) is 16.3 Å². The minimum atomic E-state index is -3.30. The van der Waals surface area contributed by atoms with E-state index in [0.717, 1.165) is 18.4 Å². The summed E-state index contributed by atoms with van der Waals surface area (Å²) >= 11 is 12.0. The van der Waals surface area contributed by atoms with Crippen LogP contribution in [-0.4, -0.2) is 26.2 Å². The monoisotopic (exact) mass is 358 g/mol. The third-order valence-electron chi connectivity index (χ3n) is 3.10. The third-order valence-corrected chi connectivity index (χ3v) is 4.82. The van der Waals surface area contributed by atoms with E-state index < -0.39 is 9.84 Å². The maximum absolute atomic E-state index is 11.7. The number of sulfone groups is 1. The van der Waals surface area contributed by atoms with Crippen molar-refractivity contribution in [3.05, 3.63) is 52.1 Å². The van der Waals surface area contributed by atoms with Gasteiger partial charge in [-0.25, -0.2) is 13.4 Å². The van der Waals surface area contributed by atoms with Gasteiger partial charge in [0.15, 0.2) is 9.84 Å². The van der Waals surface area contributed by atoms with Crippen molar-refractivity contribution in [2.24, 2.45) is 0 Å². The molecule has 0 spiro atoms. The first-order valence-corrected chi connectivity index (χ1v) is 9.35. The van der Waals surface area contributed by atoms with Crippen molar-refractivity contribution < 1.29 is 8.42 Å². The Kier molecular flexibility index (Phi) is 5.67. The smallest absolute Gasteiger partial charge is 0.179 e. The summed E-state index contributed by atoms with van der Waals surface area (Å²) < 4.78 is 23.3. The second kappa shape index (κ2) is 7.31. The van der Waals surface area contributed by atoms with Crippen LogP contribution in [0.1, 0.15) is 12.0 Å². The van der Waals surface area contributed by atoms with Gasteiger partial charge in [-0.15, -0.1) is 0 Å². The molecule has 0 saturated carbocycles. The molecule has 2 rings (SSSR count). The molecule has 2 aromatic rings. The number of nitrogens with one attached hydrogen (secondary N) is 1. The summed E-state index contributed by atoms with van der Waals surface area (Å²) in [5.41, 5.74) is 1.01. The summed E-state index contributed by atoms with van der Waals surface area (Å²) in [6.07, 6.45) is 4.29. The van der Waals surface area contributed by atoms with Crippen LogP contribution in [0.15, 0.2) is 41.4 Å². The molecule has 0 atom stereocenters. The van der Waals surface area contributed by atoms with Crippen LogP contribution in [0.3, 0.4) is 0 Å². The zero-order valence-electron chi connectivity index (χ0n) is 12.0. The average molecular weight is 359 g/mol. The first-order valence-electron chi connectivity index (χ1n) is 6.71. The largest absolute Gasteiger partial charge is 0.369 e. The number of pyridine rings is 1. The fourth-order valence-electron chi connectivity index (χ4n) is 2.03. The van der Waals surface area contributed by atoms with Gasteiger partial charge in [0.1, 0.15) is 10.7 Å². The molecule has 118 valence electrons. The van der Waals surface area contributed by atoms with E-state index in [1.165, 1.54) is 6.26 Å². The van der Waals surface area contributed by atoms with E-state index in [1.807, 2.05) is 6.07 Å². The zero-order chi connectivity index (χ0) is 16.2. The minimum absolute atomic E-state index is 0.208. The van der Waals surface area contributed by atoms with E-state index >= 15 is 0 Å². The lowest BCUT2D eigenvalue weighted by Crippen LogP contribution is -2.09. The second-order valence-corrected chi connectivity index (χ2v) is 7.72. The number of aryl methyl sites for hydroxylation is 1. The second-order valence-electron chi connectivity index (χ2n) is 4.89. The summed E-state index contributed by atoms with van der Waals surface area (Å²) in [5, 5.41) is 4.31. The number of halogens is 2. The van der Waals surface area contributed by atoms with Crippen LogP contribution in [0.4, 0.5) is 5.82 Å². The van der Waals surface area contributed by atoms with E-state index in [-0.39, 0.29) is 4.90 Å². The fourth-order valence-corrected chi connectivity index (χ4v) is 3.34. The van der Waals surface area contributed by atoms with E-state index in [9.17, 15) is 8.42 Å². The Labute approximate surface area is 140 Å². The molecular formula is C15H16Cl2N2O2S. The van der Waals surface area contributed by atoms with Gasteiger partial charge in [-0.2, -0.15) is 0 Å². The molecule has 0 aliphatic rings. The molecule has 7 heteroatoms. The molecular weight excluding hydrogens is 343 g/mol. The Morgan fingerprint density at radius 3 is 2.68 bits per heavy atom. The van der Waals surface area contributed by atoms with E-state index in [1.54, 1.807) is 30.5 Å². The molecule has 1 aromatic heterocycles. The van der Waals surface area contributed by atoms with Gasteiger partial charge >= 0.3 is 0 Å². The Bertz CT molecular complexity index is 764. The first-order chi connectivity index (χ1) is 10.4. The number of nitrogens with zero attached hydrogens (tertiary/aromatic N) is 1. The summed E-state index contributed by atoms with van der Waals surface area (Å²) in [4.78, 5) is 4.29. The minimum Gasteiger partial charge on any atom is -0.369 e. The van der Waals surface area contributed by atoms with Crippen molar-refractivity contribution in [2.75, 3.05) is 18.1 Å². The maximum atomic E-state index is 11.7. The van der Waals surface area contributed by atoms with Crippen LogP contribution < -0.4 is 5.32 Å². The Hall–Kier alpha value is -1.30. The summed E-state index contributed by atoms with van der Waals surface area (Å²) in [5.74, 6) is 0.382. The summed E-state index contributed by atoms with van der Waals surface area (Å²) in [6.45, 7) is 0.596. The summed E-state index contributed by atoms with van der Waals surface area (Å²) in [7, 11) is -3.30. The van der Waals surface area contributed by atoms with Gasteiger partial charge in [0.2, 0.25) is 0 Å². The van der Waals surface area contributed by atoms with Gasteiger partial charge in [-0.3, -0.25) is 0 Å². The summed E-state index contributed by atoms with van der Waals surface area (Å²) in [6, 6.07) is 8.56. The normalized spacial score (nSPS) is 11.4. The molecule has 0 bridgehead atoms.